The number of benzene rings is 2. The van der Waals surface area contributed by atoms with E-state index in [9.17, 15) is 0 Å². The molecular formula is C19H20ClFN2. The molecule has 0 bridgehead atoms. The van der Waals surface area contributed by atoms with Gasteiger partial charge in [-0.3, -0.25) is 0 Å². The first-order valence-electron chi connectivity index (χ1n) is 7.69. The number of rotatable bonds is 4. The van der Waals surface area contributed by atoms with Crippen LogP contribution in [0, 0.1) is 18.7 Å². The average Bonchev–Trinajstić information content (AvgIpc) is 3.34. The minimum atomic E-state index is -0.364. The Morgan fingerprint density at radius 3 is 2.61 bits per heavy atom. The molecule has 2 aromatic rings. The summed E-state index contributed by atoms with van der Waals surface area (Å²) < 4.78 is 15.0. The van der Waals surface area contributed by atoms with E-state index in [0.717, 1.165) is 24.0 Å². The van der Waals surface area contributed by atoms with Crippen molar-refractivity contribution in [2.24, 2.45) is 11.7 Å². The van der Waals surface area contributed by atoms with Gasteiger partial charge in [0, 0.05) is 22.9 Å². The molecule has 0 spiro atoms. The molecular weight excluding hydrogens is 311 g/mol. The normalized spacial score (nSPS) is 15.5. The third-order valence-corrected chi connectivity index (χ3v) is 4.84. The highest BCUT2D eigenvalue weighted by Gasteiger charge is 2.32. The summed E-state index contributed by atoms with van der Waals surface area (Å²) in [5.74, 6) is 0.00179. The lowest BCUT2D eigenvalue weighted by Crippen LogP contribution is -2.15. The number of anilines is 1. The Morgan fingerprint density at radius 2 is 2.00 bits per heavy atom. The first-order chi connectivity index (χ1) is 10.9. The fourth-order valence-electron chi connectivity index (χ4n) is 2.82. The minimum absolute atomic E-state index is 0.285. The smallest absolute Gasteiger partial charge is 0.137 e. The van der Waals surface area contributed by atoms with Gasteiger partial charge < -0.3 is 11.5 Å². The van der Waals surface area contributed by atoms with E-state index in [0.29, 0.717) is 33.3 Å². The van der Waals surface area contributed by atoms with Crippen LogP contribution in [0.4, 0.5) is 10.1 Å². The topological polar surface area (TPSA) is 52.0 Å². The molecule has 120 valence electrons. The molecule has 1 fully saturated rings. The van der Waals surface area contributed by atoms with Crippen molar-refractivity contribution < 1.29 is 4.39 Å². The predicted octanol–water partition coefficient (Wildman–Crippen LogP) is 4.84. The van der Waals surface area contributed by atoms with Gasteiger partial charge in [0.1, 0.15) is 5.82 Å². The zero-order valence-corrected chi connectivity index (χ0v) is 13.8. The van der Waals surface area contributed by atoms with Gasteiger partial charge >= 0.3 is 0 Å². The molecule has 2 aromatic carbocycles. The molecule has 0 heterocycles. The summed E-state index contributed by atoms with van der Waals surface area (Å²) in [7, 11) is 0. The van der Waals surface area contributed by atoms with Gasteiger partial charge in [0.25, 0.3) is 0 Å². The van der Waals surface area contributed by atoms with Gasteiger partial charge in [-0.15, -0.1) is 0 Å². The van der Waals surface area contributed by atoms with E-state index < -0.39 is 0 Å². The molecule has 4 heteroatoms. The molecule has 3 rings (SSSR count). The van der Waals surface area contributed by atoms with Crippen LogP contribution in [-0.4, -0.2) is 0 Å². The van der Waals surface area contributed by atoms with E-state index >= 15 is 4.39 Å². The molecule has 0 aliphatic heterocycles. The summed E-state index contributed by atoms with van der Waals surface area (Å²) in [6.45, 7) is 5.95. The summed E-state index contributed by atoms with van der Waals surface area (Å²) >= 11 is 6.25. The molecule has 1 atom stereocenters. The summed E-state index contributed by atoms with van der Waals surface area (Å²) in [5.41, 5.74) is 15.8. The highest BCUT2D eigenvalue weighted by molar-refractivity contribution is 6.32. The van der Waals surface area contributed by atoms with Gasteiger partial charge in [-0.25, -0.2) is 4.39 Å². The van der Waals surface area contributed by atoms with E-state index in [1.165, 1.54) is 0 Å². The van der Waals surface area contributed by atoms with E-state index in [-0.39, 0.29) is 11.9 Å². The lowest BCUT2D eigenvalue weighted by Gasteiger charge is -2.17. The van der Waals surface area contributed by atoms with Crippen LogP contribution in [0.3, 0.4) is 0 Å². The average molecular weight is 331 g/mol. The molecule has 23 heavy (non-hydrogen) atoms. The Hall–Kier alpha value is -1.84. The lowest BCUT2D eigenvalue weighted by atomic mass is 9.93. The fourth-order valence-corrected chi connectivity index (χ4v) is 3.08. The highest BCUT2D eigenvalue weighted by atomic mass is 35.5. The monoisotopic (exact) mass is 330 g/mol. The maximum atomic E-state index is 15.0. The second kappa shape index (κ2) is 5.99. The van der Waals surface area contributed by atoms with Crippen molar-refractivity contribution in [1.82, 2.24) is 0 Å². The summed E-state index contributed by atoms with van der Waals surface area (Å²) in [5, 5.41) is 0.341. The number of nitrogen functional groups attached to an aromatic ring is 1. The van der Waals surface area contributed by atoms with Crippen LogP contribution in [-0.2, 0) is 0 Å². The van der Waals surface area contributed by atoms with Gasteiger partial charge in [0.05, 0.1) is 5.02 Å². The van der Waals surface area contributed by atoms with Crippen molar-refractivity contribution in [2.75, 3.05) is 5.73 Å². The van der Waals surface area contributed by atoms with Crippen LogP contribution in [0.1, 0.15) is 41.1 Å². The van der Waals surface area contributed by atoms with Crippen LogP contribution >= 0.6 is 11.6 Å². The van der Waals surface area contributed by atoms with E-state index in [4.69, 9.17) is 23.1 Å². The number of aryl methyl sites for hydroxylation is 1. The van der Waals surface area contributed by atoms with E-state index in [2.05, 4.69) is 6.58 Å². The van der Waals surface area contributed by atoms with Crippen molar-refractivity contribution in [2.45, 2.75) is 25.8 Å². The van der Waals surface area contributed by atoms with E-state index in [1.807, 2.05) is 19.1 Å². The quantitative estimate of drug-likeness (QED) is 0.788. The minimum Gasteiger partial charge on any atom is -0.399 e. The van der Waals surface area contributed by atoms with Gasteiger partial charge in [0.2, 0.25) is 0 Å². The molecule has 1 aliphatic carbocycles. The fraction of sp³-hybridized carbons (Fsp3) is 0.263. The standard InChI is InChI=1S/C19H20ClFN2/c1-10-9-13(5-8-16(10)22)11(2)17-15(20)7-6-14(18(17)21)19(23)12-3-4-12/h5-9,12,19H,2-4,22-23H2,1H3. The van der Waals surface area contributed by atoms with Crippen molar-refractivity contribution in [3.05, 3.63) is 70.0 Å². The Bertz CT molecular complexity index is 781. The van der Waals surface area contributed by atoms with Crippen molar-refractivity contribution >= 4 is 22.9 Å². The largest absolute Gasteiger partial charge is 0.399 e. The number of halogens is 2. The van der Waals surface area contributed by atoms with Crippen molar-refractivity contribution in [3.8, 4) is 0 Å². The van der Waals surface area contributed by atoms with Gasteiger partial charge in [0.15, 0.2) is 0 Å². The van der Waals surface area contributed by atoms with Gasteiger partial charge in [-0.2, -0.15) is 0 Å². The second-order valence-electron chi connectivity index (χ2n) is 6.24. The first kappa shape index (κ1) is 16.0. The van der Waals surface area contributed by atoms with Crippen LogP contribution in [0.5, 0.6) is 0 Å². The molecule has 1 aliphatic rings. The summed E-state index contributed by atoms with van der Waals surface area (Å²) in [4.78, 5) is 0. The molecule has 0 radical (unpaired) electrons. The highest BCUT2D eigenvalue weighted by Crippen LogP contribution is 2.42. The van der Waals surface area contributed by atoms with E-state index in [1.54, 1.807) is 18.2 Å². The molecule has 0 amide bonds. The number of hydrogen-bond donors (Lipinski definition) is 2. The zero-order valence-electron chi connectivity index (χ0n) is 13.1. The molecule has 2 nitrogen and oxygen atoms in total. The number of hydrogen-bond acceptors (Lipinski definition) is 2. The Labute approximate surface area is 140 Å². The third-order valence-electron chi connectivity index (χ3n) is 4.53. The molecule has 0 aromatic heterocycles. The third kappa shape index (κ3) is 2.99. The summed E-state index contributed by atoms with van der Waals surface area (Å²) in [6, 6.07) is 8.61. The SMILES string of the molecule is C=C(c1ccc(N)c(C)c1)c1c(Cl)ccc(C(N)C2CC2)c1F. The zero-order chi connectivity index (χ0) is 16.7. The first-order valence-corrected chi connectivity index (χ1v) is 8.07. The van der Waals surface area contributed by atoms with Gasteiger partial charge in [-0.1, -0.05) is 30.3 Å². The number of nitrogens with two attached hydrogens (primary N) is 2. The van der Waals surface area contributed by atoms with Crippen LogP contribution in [0.15, 0.2) is 36.9 Å². The lowest BCUT2D eigenvalue weighted by molar-refractivity contribution is 0.552. The Kier molecular flexibility index (Phi) is 4.17. The Balaban J connectivity index is 2.05. The van der Waals surface area contributed by atoms with Crippen LogP contribution in [0.25, 0.3) is 5.57 Å². The maximum absolute atomic E-state index is 15.0. The Morgan fingerprint density at radius 1 is 1.30 bits per heavy atom. The molecule has 1 saturated carbocycles. The van der Waals surface area contributed by atoms with Crippen molar-refractivity contribution in [1.29, 1.82) is 0 Å². The molecule has 1 unspecified atom stereocenters. The second-order valence-corrected chi connectivity index (χ2v) is 6.65. The van der Waals surface area contributed by atoms with Crippen LogP contribution in [0.2, 0.25) is 5.02 Å². The molecule has 4 N–H and O–H groups in total. The predicted molar refractivity (Wildman–Crippen MR) is 94.8 cm³/mol. The molecule has 0 saturated heterocycles. The van der Waals surface area contributed by atoms with Crippen molar-refractivity contribution in [3.63, 3.8) is 0 Å². The summed E-state index contributed by atoms with van der Waals surface area (Å²) in [6.07, 6.45) is 2.10. The van der Waals surface area contributed by atoms with Crippen LogP contribution < -0.4 is 11.5 Å². The van der Waals surface area contributed by atoms with Gasteiger partial charge in [-0.05, 0) is 60.6 Å². The maximum Gasteiger partial charge on any atom is 0.137 e.